The van der Waals surface area contributed by atoms with Crippen molar-refractivity contribution in [2.75, 3.05) is 0 Å². The lowest BCUT2D eigenvalue weighted by Crippen LogP contribution is -2.19. The average Bonchev–Trinajstić information content (AvgIpc) is 3.05. The van der Waals surface area contributed by atoms with E-state index in [1.165, 1.54) is 39.0 Å². The highest BCUT2D eigenvalue weighted by Crippen LogP contribution is 2.32. The van der Waals surface area contributed by atoms with E-state index in [1.54, 1.807) is 0 Å². The smallest absolute Gasteiger partial charge is 0.0384 e. The van der Waals surface area contributed by atoms with Crippen molar-refractivity contribution in [1.29, 1.82) is 0 Å². The van der Waals surface area contributed by atoms with Crippen molar-refractivity contribution in [2.45, 2.75) is 44.9 Å². The van der Waals surface area contributed by atoms with Crippen LogP contribution in [-0.2, 0) is 11.8 Å². The first kappa shape index (κ1) is 27.2. The van der Waals surface area contributed by atoms with E-state index in [-0.39, 0.29) is 5.41 Å². The van der Waals surface area contributed by atoms with Crippen LogP contribution in [0.2, 0.25) is 0 Å². The fourth-order valence-electron chi connectivity index (χ4n) is 5.44. The Labute approximate surface area is 240 Å². The summed E-state index contributed by atoms with van der Waals surface area (Å²) in [5, 5.41) is 3.68. The molecule has 0 amide bonds. The van der Waals surface area contributed by atoms with Crippen molar-refractivity contribution < 1.29 is 0 Å². The van der Waals surface area contributed by atoms with Gasteiger partial charge < -0.3 is 5.32 Å². The summed E-state index contributed by atoms with van der Waals surface area (Å²) < 4.78 is 0. The molecule has 40 heavy (non-hydrogen) atoms. The van der Waals surface area contributed by atoms with E-state index in [4.69, 9.17) is 0 Å². The second-order valence-corrected chi connectivity index (χ2v) is 11.2. The molecule has 5 rings (SSSR count). The summed E-state index contributed by atoms with van der Waals surface area (Å²) in [7, 11) is 0. The number of allylic oxidation sites excluding steroid dienone is 10. The molecule has 1 heteroatoms. The highest BCUT2D eigenvalue weighted by Gasteiger charge is 2.22. The zero-order valence-electron chi connectivity index (χ0n) is 23.7. The molecular weight excluding hydrogens is 482 g/mol. The van der Waals surface area contributed by atoms with Crippen LogP contribution >= 0.6 is 0 Å². The van der Waals surface area contributed by atoms with Crippen LogP contribution in [0.5, 0.6) is 0 Å². The minimum absolute atomic E-state index is 0.0593. The lowest BCUT2D eigenvalue weighted by Gasteiger charge is -2.26. The van der Waals surface area contributed by atoms with Gasteiger partial charge in [0.1, 0.15) is 0 Å². The topological polar surface area (TPSA) is 12.0 Å². The molecule has 0 fully saturated rings. The Morgan fingerprint density at radius 3 is 2.38 bits per heavy atom. The molecule has 2 aliphatic rings. The molecule has 0 unspecified atom stereocenters. The Morgan fingerprint density at radius 1 is 0.875 bits per heavy atom. The third-order valence-corrected chi connectivity index (χ3v) is 7.76. The number of nitrogens with one attached hydrogen (secondary N) is 1. The molecule has 0 saturated carbocycles. The lowest BCUT2D eigenvalue weighted by molar-refractivity contribution is 0.528. The fourth-order valence-corrected chi connectivity index (χ4v) is 5.44. The zero-order valence-corrected chi connectivity index (χ0v) is 23.7. The number of benzene rings is 3. The first-order chi connectivity index (χ1) is 19.5. The van der Waals surface area contributed by atoms with Crippen LogP contribution in [0.1, 0.15) is 49.8 Å². The quantitative estimate of drug-likeness (QED) is 0.305. The van der Waals surface area contributed by atoms with Crippen LogP contribution in [0.4, 0.5) is 0 Å². The summed E-state index contributed by atoms with van der Waals surface area (Å²) in [5.41, 5.74) is 11.2. The molecule has 0 aromatic heterocycles. The van der Waals surface area contributed by atoms with Gasteiger partial charge in [-0.15, -0.1) is 0 Å². The summed E-state index contributed by atoms with van der Waals surface area (Å²) in [6.45, 7) is 8.83. The molecule has 0 heterocycles. The van der Waals surface area contributed by atoms with Gasteiger partial charge in [-0.25, -0.2) is 0 Å². The maximum Gasteiger partial charge on any atom is 0.0384 e. The molecule has 3 aromatic rings. The molecule has 3 aromatic carbocycles. The van der Waals surface area contributed by atoms with Gasteiger partial charge in [-0.2, -0.15) is 0 Å². The van der Waals surface area contributed by atoms with E-state index in [0.29, 0.717) is 0 Å². The predicted molar refractivity (Wildman–Crippen MR) is 173 cm³/mol. The van der Waals surface area contributed by atoms with Gasteiger partial charge in [-0.1, -0.05) is 130 Å². The third-order valence-electron chi connectivity index (χ3n) is 7.76. The fraction of sp³-hybridized carbons (Fsp3) is 0.179. The van der Waals surface area contributed by atoms with Crippen molar-refractivity contribution in [1.82, 2.24) is 5.32 Å². The minimum Gasteiger partial charge on any atom is -0.356 e. The Kier molecular flexibility index (Phi) is 8.62. The van der Waals surface area contributed by atoms with Crippen LogP contribution in [-0.4, -0.2) is 0 Å². The highest BCUT2D eigenvalue weighted by molar-refractivity contribution is 5.69. The molecule has 0 aliphatic heterocycles. The first-order valence-electron chi connectivity index (χ1n) is 14.3. The van der Waals surface area contributed by atoms with Gasteiger partial charge in [0.25, 0.3) is 0 Å². The lowest BCUT2D eigenvalue weighted by atomic mass is 9.78. The first-order valence-corrected chi connectivity index (χ1v) is 14.3. The van der Waals surface area contributed by atoms with Crippen molar-refractivity contribution in [3.63, 3.8) is 0 Å². The number of fused-ring (bicyclic) bond motifs is 1. The minimum atomic E-state index is 0.0593. The van der Waals surface area contributed by atoms with Gasteiger partial charge in [0, 0.05) is 11.4 Å². The number of rotatable bonds is 7. The van der Waals surface area contributed by atoms with Crippen LogP contribution in [0, 0.1) is 0 Å². The molecule has 1 N–H and O–H groups in total. The van der Waals surface area contributed by atoms with E-state index < -0.39 is 0 Å². The second kappa shape index (κ2) is 12.7. The van der Waals surface area contributed by atoms with Gasteiger partial charge in [-0.3, -0.25) is 0 Å². The van der Waals surface area contributed by atoms with Gasteiger partial charge >= 0.3 is 0 Å². The predicted octanol–water partition coefficient (Wildman–Crippen LogP) is 10.0. The molecule has 0 spiro atoms. The van der Waals surface area contributed by atoms with Crippen molar-refractivity contribution >= 4 is 6.08 Å². The van der Waals surface area contributed by atoms with Crippen molar-refractivity contribution in [3.05, 3.63) is 173 Å². The van der Waals surface area contributed by atoms with Gasteiger partial charge in [0.05, 0.1) is 0 Å². The molecule has 0 bridgehead atoms. The van der Waals surface area contributed by atoms with Gasteiger partial charge in [0.15, 0.2) is 0 Å². The molecule has 0 radical (unpaired) electrons. The molecule has 200 valence electrons. The summed E-state index contributed by atoms with van der Waals surface area (Å²) >= 11 is 0. The standard InChI is InChI=1S/C39H39N/c1-4-36(40-37-20-13-19-34-18-11-12-21-38(34)39(2,3)27-26-37)29-35(32-16-9-6-10-17-32)28-30-22-24-33(25-23-30)31-14-7-5-8-15-31/h4-9,11-16,18,20-26,28-29,40H,1,10,17,19,27H2,2-3H3/b20-13?,35-28-,36-29+,37-26?. The maximum atomic E-state index is 4.16. The summed E-state index contributed by atoms with van der Waals surface area (Å²) in [4.78, 5) is 0. The third kappa shape index (κ3) is 6.79. The molecule has 1 nitrogen and oxygen atoms in total. The summed E-state index contributed by atoms with van der Waals surface area (Å²) in [5.74, 6) is 0. The van der Waals surface area contributed by atoms with Gasteiger partial charge in [-0.05, 0) is 94.4 Å². The molecule has 0 atom stereocenters. The molecular formula is C39H39N. The number of hydrogen-bond acceptors (Lipinski definition) is 1. The van der Waals surface area contributed by atoms with E-state index in [9.17, 15) is 0 Å². The molecule has 2 aliphatic carbocycles. The van der Waals surface area contributed by atoms with Crippen LogP contribution in [0.3, 0.4) is 0 Å². The van der Waals surface area contributed by atoms with Crippen molar-refractivity contribution in [2.24, 2.45) is 0 Å². The van der Waals surface area contributed by atoms with Crippen LogP contribution in [0.25, 0.3) is 17.2 Å². The number of hydrogen-bond donors (Lipinski definition) is 1. The Bertz CT molecular complexity index is 1520. The average molecular weight is 522 g/mol. The maximum absolute atomic E-state index is 4.16. The second-order valence-electron chi connectivity index (χ2n) is 11.2. The van der Waals surface area contributed by atoms with E-state index in [1.807, 2.05) is 6.08 Å². The Hall–Kier alpha value is -4.36. The van der Waals surface area contributed by atoms with E-state index in [2.05, 4.69) is 153 Å². The summed E-state index contributed by atoms with van der Waals surface area (Å²) in [6, 6.07) is 28.2. The monoisotopic (exact) mass is 521 g/mol. The van der Waals surface area contributed by atoms with E-state index in [0.717, 1.165) is 37.1 Å². The van der Waals surface area contributed by atoms with Gasteiger partial charge in [0.2, 0.25) is 0 Å². The zero-order chi connectivity index (χ0) is 27.8. The van der Waals surface area contributed by atoms with E-state index >= 15 is 0 Å². The van der Waals surface area contributed by atoms with Crippen molar-refractivity contribution in [3.8, 4) is 11.1 Å². The molecule has 0 saturated heterocycles. The van der Waals surface area contributed by atoms with Crippen LogP contribution < -0.4 is 5.32 Å². The Balaban J connectivity index is 1.43. The highest BCUT2D eigenvalue weighted by atomic mass is 14.9. The van der Waals surface area contributed by atoms with Crippen LogP contribution in [0.15, 0.2) is 157 Å². The largest absolute Gasteiger partial charge is 0.356 e. The normalized spacial score (nSPS) is 17.1. The SMILES string of the molecule is C=C/C(=C\C(=C\c1ccc(-c2ccccc2)cc1)C1=CC=CCC1)NC1=CCC(C)(C)c2ccccc2CC=C1. The summed E-state index contributed by atoms with van der Waals surface area (Å²) in [6.07, 6.45) is 23.9. The Morgan fingerprint density at radius 2 is 1.62 bits per heavy atom.